The fourth-order valence-electron chi connectivity index (χ4n) is 1.69. The van der Waals surface area contributed by atoms with Crippen LogP contribution in [0.15, 0.2) is 41.2 Å². The van der Waals surface area contributed by atoms with Crippen LogP contribution in [-0.4, -0.2) is 12.1 Å². The van der Waals surface area contributed by atoms with Crippen LogP contribution in [-0.2, 0) is 0 Å². The lowest BCUT2D eigenvalue weighted by atomic mass is 10.1. The molecule has 0 aliphatic heterocycles. The molecule has 2 aromatic rings. The number of aromatic nitrogens is 1. The summed E-state index contributed by atoms with van der Waals surface area (Å²) in [6, 6.07) is 10.7. The van der Waals surface area contributed by atoms with Crippen molar-refractivity contribution in [3.63, 3.8) is 0 Å². The molecular weight excluding hydrogens is 202 g/mol. The smallest absolute Gasteiger partial charge is 0.182 e. The summed E-state index contributed by atoms with van der Waals surface area (Å²) in [5.41, 5.74) is 2.51. The number of aryl methyl sites for hydroxylation is 1. The third-order valence-electron chi connectivity index (χ3n) is 2.37. The van der Waals surface area contributed by atoms with Gasteiger partial charge in [-0.15, -0.1) is 0 Å². The van der Waals surface area contributed by atoms with E-state index in [2.05, 4.69) is 4.98 Å². The van der Waals surface area contributed by atoms with Crippen molar-refractivity contribution in [2.24, 2.45) is 0 Å². The average Bonchev–Trinajstić information content (AvgIpc) is 2.27. The fraction of sp³-hybridized carbons (Fsp3) is 0.154. The summed E-state index contributed by atoms with van der Waals surface area (Å²) in [7, 11) is 1.62. The van der Waals surface area contributed by atoms with Crippen LogP contribution in [0.2, 0.25) is 0 Å². The Bertz CT molecular complexity index is 558. The third kappa shape index (κ3) is 1.98. The predicted molar refractivity (Wildman–Crippen MR) is 63.8 cm³/mol. The van der Waals surface area contributed by atoms with E-state index in [0.717, 1.165) is 22.7 Å². The number of hydrogen-bond donors (Lipinski definition) is 1. The van der Waals surface area contributed by atoms with Crippen molar-refractivity contribution in [1.82, 2.24) is 4.98 Å². The Hall–Kier alpha value is -2.03. The van der Waals surface area contributed by atoms with Gasteiger partial charge in [0.1, 0.15) is 5.75 Å². The first-order valence-electron chi connectivity index (χ1n) is 5.05. The van der Waals surface area contributed by atoms with E-state index >= 15 is 0 Å². The molecule has 1 N–H and O–H groups in total. The Balaban J connectivity index is 2.62. The van der Waals surface area contributed by atoms with Crippen LogP contribution < -0.4 is 10.2 Å². The number of methoxy groups -OCH3 is 1. The Morgan fingerprint density at radius 2 is 1.94 bits per heavy atom. The Morgan fingerprint density at radius 1 is 1.19 bits per heavy atom. The minimum absolute atomic E-state index is 0.00263. The number of H-pyrrole nitrogens is 1. The van der Waals surface area contributed by atoms with Crippen molar-refractivity contribution in [2.45, 2.75) is 6.92 Å². The second-order valence-electron chi connectivity index (χ2n) is 3.61. The molecule has 0 amide bonds. The SMILES string of the molecule is COc1ccccc1-c1cc(=O)cc(C)[nH]1. The van der Waals surface area contributed by atoms with E-state index in [1.807, 2.05) is 31.2 Å². The average molecular weight is 215 g/mol. The molecule has 1 aromatic heterocycles. The Kier molecular flexibility index (Phi) is 2.77. The van der Waals surface area contributed by atoms with Crippen molar-refractivity contribution in [3.05, 3.63) is 52.3 Å². The number of hydrogen-bond acceptors (Lipinski definition) is 2. The predicted octanol–water partition coefficient (Wildman–Crippen LogP) is 2.36. The van der Waals surface area contributed by atoms with Crippen LogP contribution in [0.3, 0.4) is 0 Å². The summed E-state index contributed by atoms with van der Waals surface area (Å²) in [5, 5.41) is 0. The highest BCUT2D eigenvalue weighted by Gasteiger charge is 2.05. The standard InChI is InChI=1S/C13H13NO2/c1-9-7-10(15)8-12(14-9)11-5-3-4-6-13(11)16-2/h3-8H,1-2H3,(H,14,15). The lowest BCUT2D eigenvalue weighted by Gasteiger charge is -2.08. The maximum atomic E-state index is 11.4. The largest absolute Gasteiger partial charge is 0.496 e. The normalized spacial score (nSPS) is 10.1. The van der Waals surface area contributed by atoms with E-state index in [4.69, 9.17) is 4.74 Å². The molecule has 0 radical (unpaired) electrons. The molecule has 0 atom stereocenters. The Labute approximate surface area is 93.7 Å². The monoisotopic (exact) mass is 215 g/mol. The number of rotatable bonds is 2. The van der Waals surface area contributed by atoms with E-state index in [1.54, 1.807) is 19.2 Å². The topological polar surface area (TPSA) is 42.1 Å². The van der Waals surface area contributed by atoms with Crippen molar-refractivity contribution in [1.29, 1.82) is 0 Å². The lowest BCUT2D eigenvalue weighted by Crippen LogP contribution is -2.02. The highest BCUT2D eigenvalue weighted by atomic mass is 16.5. The number of pyridine rings is 1. The molecule has 3 nitrogen and oxygen atoms in total. The van der Waals surface area contributed by atoms with Gasteiger partial charge >= 0.3 is 0 Å². The molecule has 0 saturated heterocycles. The van der Waals surface area contributed by atoms with Crippen LogP contribution in [0.5, 0.6) is 5.75 Å². The van der Waals surface area contributed by atoms with Gasteiger partial charge in [-0.3, -0.25) is 4.79 Å². The molecule has 0 fully saturated rings. The molecule has 0 bridgehead atoms. The van der Waals surface area contributed by atoms with E-state index in [1.165, 1.54) is 0 Å². The van der Waals surface area contributed by atoms with E-state index in [0.29, 0.717) is 0 Å². The summed E-state index contributed by atoms with van der Waals surface area (Å²) < 4.78 is 5.26. The van der Waals surface area contributed by atoms with Gasteiger partial charge in [0.2, 0.25) is 0 Å². The van der Waals surface area contributed by atoms with E-state index in [9.17, 15) is 4.79 Å². The molecular formula is C13H13NO2. The molecule has 0 aliphatic carbocycles. The first-order chi connectivity index (χ1) is 7.70. The van der Waals surface area contributed by atoms with Gasteiger partial charge in [-0.1, -0.05) is 12.1 Å². The zero-order valence-electron chi connectivity index (χ0n) is 9.28. The molecule has 0 unspecified atom stereocenters. The molecule has 1 aromatic carbocycles. The summed E-state index contributed by atoms with van der Waals surface area (Å²) in [6.07, 6.45) is 0. The van der Waals surface area contributed by atoms with Crippen LogP contribution in [0.4, 0.5) is 0 Å². The number of para-hydroxylation sites is 1. The molecule has 3 heteroatoms. The zero-order valence-corrected chi connectivity index (χ0v) is 9.28. The highest BCUT2D eigenvalue weighted by molar-refractivity contribution is 5.66. The number of ether oxygens (including phenoxy) is 1. The van der Waals surface area contributed by atoms with Crippen molar-refractivity contribution < 1.29 is 4.74 Å². The zero-order chi connectivity index (χ0) is 11.5. The first-order valence-corrected chi connectivity index (χ1v) is 5.05. The second-order valence-corrected chi connectivity index (χ2v) is 3.61. The van der Waals surface area contributed by atoms with Gasteiger partial charge in [-0.25, -0.2) is 0 Å². The van der Waals surface area contributed by atoms with E-state index < -0.39 is 0 Å². The maximum Gasteiger partial charge on any atom is 0.182 e. The van der Waals surface area contributed by atoms with Gasteiger partial charge in [-0.05, 0) is 19.1 Å². The van der Waals surface area contributed by atoms with Gasteiger partial charge in [0.15, 0.2) is 5.43 Å². The summed E-state index contributed by atoms with van der Waals surface area (Å²) in [6.45, 7) is 1.86. The lowest BCUT2D eigenvalue weighted by molar-refractivity contribution is 0.416. The minimum Gasteiger partial charge on any atom is -0.496 e. The van der Waals surface area contributed by atoms with Crippen molar-refractivity contribution >= 4 is 0 Å². The van der Waals surface area contributed by atoms with Crippen LogP contribution in [0.25, 0.3) is 11.3 Å². The summed E-state index contributed by atoms with van der Waals surface area (Å²) >= 11 is 0. The van der Waals surface area contributed by atoms with Crippen LogP contribution >= 0.6 is 0 Å². The molecule has 2 rings (SSSR count). The van der Waals surface area contributed by atoms with Crippen LogP contribution in [0, 0.1) is 6.92 Å². The quantitative estimate of drug-likeness (QED) is 0.835. The molecule has 1 heterocycles. The van der Waals surface area contributed by atoms with Crippen molar-refractivity contribution in [3.8, 4) is 17.0 Å². The van der Waals surface area contributed by atoms with Gasteiger partial charge in [-0.2, -0.15) is 0 Å². The highest BCUT2D eigenvalue weighted by Crippen LogP contribution is 2.27. The second kappa shape index (κ2) is 4.23. The molecule has 82 valence electrons. The van der Waals surface area contributed by atoms with Gasteiger partial charge in [0.25, 0.3) is 0 Å². The molecule has 0 saturated carbocycles. The third-order valence-corrected chi connectivity index (χ3v) is 2.37. The van der Waals surface area contributed by atoms with Crippen molar-refractivity contribution in [2.75, 3.05) is 7.11 Å². The Morgan fingerprint density at radius 3 is 2.62 bits per heavy atom. The van der Waals surface area contributed by atoms with E-state index in [-0.39, 0.29) is 5.43 Å². The maximum absolute atomic E-state index is 11.4. The number of nitrogens with one attached hydrogen (secondary N) is 1. The number of aromatic amines is 1. The summed E-state index contributed by atoms with van der Waals surface area (Å²) in [5.74, 6) is 0.753. The summed E-state index contributed by atoms with van der Waals surface area (Å²) in [4.78, 5) is 14.6. The van der Waals surface area contributed by atoms with Gasteiger partial charge < -0.3 is 9.72 Å². The van der Waals surface area contributed by atoms with Crippen LogP contribution in [0.1, 0.15) is 5.69 Å². The van der Waals surface area contributed by atoms with Gasteiger partial charge in [0.05, 0.1) is 12.8 Å². The first kappa shape index (κ1) is 10.5. The molecule has 0 spiro atoms. The number of benzene rings is 1. The molecule has 0 aliphatic rings. The minimum atomic E-state index is -0.00263. The fourth-order valence-corrected chi connectivity index (χ4v) is 1.69. The molecule has 16 heavy (non-hydrogen) atoms. The van der Waals surface area contributed by atoms with Gasteiger partial charge in [0, 0.05) is 23.4 Å².